The molecule has 1 atom stereocenters. The molecule has 1 aliphatic carbocycles. The summed E-state index contributed by atoms with van der Waals surface area (Å²) in [5, 5.41) is 10.0. The normalized spacial score (nSPS) is 22.5. The molecule has 1 heterocycles. The van der Waals surface area contributed by atoms with Gasteiger partial charge in [0.1, 0.15) is 27.7 Å². The highest BCUT2D eigenvalue weighted by molar-refractivity contribution is 6.53. The van der Waals surface area contributed by atoms with Gasteiger partial charge in [0.2, 0.25) is 0 Å². The van der Waals surface area contributed by atoms with Crippen LogP contribution in [-0.4, -0.2) is 15.4 Å². The molecule has 0 spiro atoms. The molecule has 22 heavy (non-hydrogen) atoms. The fraction of sp³-hybridized carbons (Fsp3) is 0.333. The molecule has 0 amide bonds. The number of hydrogen-bond acceptors (Lipinski definition) is 5. The molecule has 3 rings (SSSR count). The van der Waals surface area contributed by atoms with Crippen LogP contribution >= 0.6 is 23.2 Å². The van der Waals surface area contributed by atoms with Crippen molar-refractivity contribution in [1.82, 2.24) is 0 Å². The minimum Gasteiger partial charge on any atom is -0.508 e. The fourth-order valence-electron chi connectivity index (χ4n) is 2.26. The molecule has 0 bridgehead atoms. The number of alkyl halides is 2. The van der Waals surface area contributed by atoms with Crippen LogP contribution in [0.25, 0.3) is 11.0 Å². The minimum absolute atomic E-state index is 0.0238. The van der Waals surface area contributed by atoms with Crippen LogP contribution in [0.1, 0.15) is 18.9 Å². The van der Waals surface area contributed by atoms with Gasteiger partial charge in [-0.2, -0.15) is 0 Å². The lowest BCUT2D eigenvalue weighted by Crippen LogP contribution is -2.21. The summed E-state index contributed by atoms with van der Waals surface area (Å²) in [6.07, 6.45) is 0.327. The second-order valence-corrected chi connectivity index (χ2v) is 7.04. The Bertz CT molecular complexity index is 826. The zero-order valence-corrected chi connectivity index (χ0v) is 13.1. The van der Waals surface area contributed by atoms with Gasteiger partial charge in [0.05, 0.1) is 0 Å². The monoisotopic (exact) mass is 342 g/mol. The third kappa shape index (κ3) is 2.44. The lowest BCUT2D eigenvalue weighted by Gasteiger charge is -2.12. The molecule has 0 saturated heterocycles. The van der Waals surface area contributed by atoms with E-state index in [-0.39, 0.29) is 17.9 Å². The predicted molar refractivity (Wildman–Crippen MR) is 81.1 cm³/mol. The van der Waals surface area contributed by atoms with Gasteiger partial charge in [0.25, 0.3) is 0 Å². The topological polar surface area (TPSA) is 76.7 Å². The Morgan fingerprint density at radius 2 is 2.09 bits per heavy atom. The van der Waals surface area contributed by atoms with Gasteiger partial charge in [0.15, 0.2) is 0 Å². The molecule has 1 aromatic heterocycles. The highest BCUT2D eigenvalue weighted by Crippen LogP contribution is 2.64. The van der Waals surface area contributed by atoms with Crippen LogP contribution in [-0.2, 0) is 16.1 Å². The highest BCUT2D eigenvalue weighted by Gasteiger charge is 2.69. The molecule has 1 fully saturated rings. The van der Waals surface area contributed by atoms with E-state index in [4.69, 9.17) is 32.4 Å². The first-order chi connectivity index (χ1) is 10.2. The van der Waals surface area contributed by atoms with Crippen LogP contribution in [0.4, 0.5) is 0 Å². The van der Waals surface area contributed by atoms with E-state index < -0.39 is 21.3 Å². The molecule has 0 aliphatic heterocycles. The predicted octanol–water partition coefficient (Wildman–Crippen LogP) is 3.13. The van der Waals surface area contributed by atoms with Crippen molar-refractivity contribution in [2.24, 2.45) is 5.41 Å². The van der Waals surface area contributed by atoms with E-state index in [1.807, 2.05) is 0 Å². The van der Waals surface area contributed by atoms with E-state index in [1.165, 1.54) is 18.2 Å². The van der Waals surface area contributed by atoms with Gasteiger partial charge in [-0.3, -0.25) is 4.79 Å². The summed E-state index contributed by atoms with van der Waals surface area (Å²) in [6, 6.07) is 5.62. The number of benzene rings is 1. The molecule has 1 saturated carbocycles. The molecular weight excluding hydrogens is 331 g/mol. The van der Waals surface area contributed by atoms with Crippen molar-refractivity contribution in [3.8, 4) is 5.75 Å². The number of aromatic hydroxyl groups is 1. The Morgan fingerprint density at radius 3 is 2.73 bits per heavy atom. The summed E-state index contributed by atoms with van der Waals surface area (Å²) < 4.78 is 9.13. The molecule has 5 nitrogen and oxygen atoms in total. The lowest BCUT2D eigenvalue weighted by molar-refractivity contribution is -0.150. The maximum atomic E-state index is 12.1. The first-order valence-corrected chi connectivity index (χ1v) is 7.29. The Balaban J connectivity index is 1.86. The highest BCUT2D eigenvalue weighted by atomic mass is 35.5. The van der Waals surface area contributed by atoms with Crippen molar-refractivity contribution in [1.29, 1.82) is 0 Å². The standard InChI is InChI=1S/C15H12Cl2O5/c1-14(7-15(14,16)17)13(20)21-6-8-4-12(19)22-11-5-9(18)2-3-10(8)11/h2-5,18H,6-7H2,1H3/t14-/m1/s1. The average molecular weight is 343 g/mol. The van der Waals surface area contributed by atoms with E-state index in [2.05, 4.69) is 0 Å². The van der Waals surface area contributed by atoms with Crippen LogP contribution in [0, 0.1) is 5.41 Å². The third-order valence-corrected chi connectivity index (χ3v) is 4.98. The van der Waals surface area contributed by atoms with Crippen molar-refractivity contribution in [2.45, 2.75) is 24.3 Å². The molecule has 0 unspecified atom stereocenters. The summed E-state index contributed by atoms with van der Waals surface area (Å²) in [7, 11) is 0. The van der Waals surface area contributed by atoms with Gasteiger partial charge in [-0.25, -0.2) is 4.79 Å². The number of halogens is 2. The lowest BCUT2D eigenvalue weighted by atomic mass is 10.1. The second-order valence-electron chi connectivity index (χ2n) is 5.56. The number of fused-ring (bicyclic) bond motifs is 1. The van der Waals surface area contributed by atoms with Gasteiger partial charge in [-0.15, -0.1) is 23.2 Å². The van der Waals surface area contributed by atoms with Crippen molar-refractivity contribution < 1.29 is 19.1 Å². The molecule has 116 valence electrons. The maximum Gasteiger partial charge on any atom is 0.336 e. The third-order valence-electron chi connectivity index (χ3n) is 3.88. The van der Waals surface area contributed by atoms with Crippen molar-refractivity contribution in [3.63, 3.8) is 0 Å². The van der Waals surface area contributed by atoms with Gasteiger partial charge in [-0.1, -0.05) is 0 Å². The molecule has 1 N–H and O–H groups in total. The summed E-state index contributed by atoms with van der Waals surface area (Å²) in [6.45, 7) is 1.52. The van der Waals surface area contributed by atoms with E-state index in [1.54, 1.807) is 13.0 Å². The van der Waals surface area contributed by atoms with Crippen LogP contribution in [0.2, 0.25) is 0 Å². The number of phenols is 1. The van der Waals surface area contributed by atoms with Crippen LogP contribution < -0.4 is 5.63 Å². The Morgan fingerprint density at radius 1 is 1.41 bits per heavy atom. The Labute approximate surface area is 135 Å². The molecule has 2 aromatic rings. The Hall–Kier alpha value is -1.72. The fourth-order valence-corrected chi connectivity index (χ4v) is 2.95. The van der Waals surface area contributed by atoms with Gasteiger partial charge in [-0.05, 0) is 19.1 Å². The van der Waals surface area contributed by atoms with Gasteiger partial charge < -0.3 is 14.3 Å². The average Bonchev–Trinajstić information content (AvgIpc) is 2.95. The molecule has 0 radical (unpaired) electrons. The number of ether oxygens (including phenoxy) is 1. The zero-order valence-electron chi connectivity index (χ0n) is 11.6. The summed E-state index contributed by atoms with van der Waals surface area (Å²) in [5.74, 6) is -0.540. The first-order valence-electron chi connectivity index (χ1n) is 6.54. The van der Waals surface area contributed by atoms with Crippen molar-refractivity contribution in [2.75, 3.05) is 0 Å². The smallest absolute Gasteiger partial charge is 0.336 e. The van der Waals surface area contributed by atoms with Crippen LogP contribution in [0.15, 0.2) is 33.5 Å². The van der Waals surface area contributed by atoms with E-state index in [9.17, 15) is 14.7 Å². The molecule has 1 aliphatic rings. The molecule has 7 heteroatoms. The SMILES string of the molecule is C[C@]1(C(=O)OCc2cc(=O)oc3cc(O)ccc23)CC1(Cl)Cl. The quantitative estimate of drug-likeness (QED) is 0.526. The number of rotatable bonds is 3. The first kappa shape index (κ1) is 15.2. The summed E-state index contributed by atoms with van der Waals surface area (Å²) in [5.41, 5.74) is -0.812. The number of carbonyl (C=O) groups excluding carboxylic acids is 1. The number of esters is 1. The number of carbonyl (C=O) groups is 1. The molecular formula is C15H12Cl2O5. The van der Waals surface area contributed by atoms with Crippen LogP contribution in [0.3, 0.4) is 0 Å². The van der Waals surface area contributed by atoms with E-state index >= 15 is 0 Å². The summed E-state index contributed by atoms with van der Waals surface area (Å²) in [4.78, 5) is 23.6. The largest absolute Gasteiger partial charge is 0.508 e. The summed E-state index contributed by atoms with van der Waals surface area (Å²) >= 11 is 11.9. The van der Waals surface area contributed by atoms with Gasteiger partial charge in [0, 0.05) is 29.5 Å². The van der Waals surface area contributed by atoms with E-state index in [0.717, 1.165) is 0 Å². The number of phenolic OH excluding ortho intramolecular Hbond substituents is 1. The van der Waals surface area contributed by atoms with Crippen LogP contribution in [0.5, 0.6) is 5.75 Å². The second kappa shape index (κ2) is 4.89. The Kier molecular flexibility index (Phi) is 3.38. The minimum atomic E-state index is -1.10. The van der Waals surface area contributed by atoms with Gasteiger partial charge >= 0.3 is 11.6 Å². The zero-order chi connectivity index (χ0) is 16.1. The van der Waals surface area contributed by atoms with E-state index in [0.29, 0.717) is 17.4 Å². The van der Waals surface area contributed by atoms with Crippen molar-refractivity contribution >= 4 is 40.1 Å². The maximum absolute atomic E-state index is 12.1. The number of hydrogen-bond donors (Lipinski definition) is 1. The van der Waals surface area contributed by atoms with Crippen molar-refractivity contribution in [3.05, 3.63) is 40.2 Å². The molecule has 1 aromatic carbocycles.